The summed E-state index contributed by atoms with van der Waals surface area (Å²) in [5, 5.41) is 19.5. The number of nitro benzene ring substituents is 1. The molecule has 0 N–H and O–H groups in total. The number of benzene rings is 1. The molecule has 6 nitrogen and oxygen atoms in total. The highest BCUT2D eigenvalue weighted by Crippen LogP contribution is 2.27. The summed E-state index contributed by atoms with van der Waals surface area (Å²) in [5.74, 6) is -0.503. The number of halogens is 1. The molecule has 0 spiro atoms. The Morgan fingerprint density at radius 1 is 1.61 bits per heavy atom. The van der Waals surface area contributed by atoms with Crippen molar-refractivity contribution in [3.63, 3.8) is 0 Å². The zero-order valence-electron chi connectivity index (χ0n) is 9.47. The molecule has 18 heavy (non-hydrogen) atoms. The van der Waals surface area contributed by atoms with Crippen LogP contribution >= 0.6 is 11.6 Å². The van der Waals surface area contributed by atoms with Gasteiger partial charge >= 0.3 is 5.97 Å². The Kier molecular flexibility index (Phi) is 4.63. The molecule has 0 unspecified atom stereocenters. The molecule has 94 valence electrons. The van der Waals surface area contributed by atoms with Gasteiger partial charge in [-0.1, -0.05) is 11.6 Å². The van der Waals surface area contributed by atoms with E-state index in [9.17, 15) is 14.9 Å². The van der Waals surface area contributed by atoms with Crippen LogP contribution in [0.4, 0.5) is 5.69 Å². The number of nitro groups is 1. The van der Waals surface area contributed by atoms with Crippen LogP contribution in [0.2, 0.25) is 5.02 Å². The zero-order valence-corrected chi connectivity index (χ0v) is 10.2. The minimum atomic E-state index is -0.696. The molecular weight excluding hydrogens is 260 g/mol. The first-order chi connectivity index (χ1) is 8.49. The molecule has 0 radical (unpaired) electrons. The van der Waals surface area contributed by atoms with E-state index < -0.39 is 10.9 Å². The van der Waals surface area contributed by atoms with Crippen LogP contribution in [-0.4, -0.2) is 17.5 Å². The molecule has 0 amide bonds. The second kappa shape index (κ2) is 5.98. The van der Waals surface area contributed by atoms with Gasteiger partial charge < -0.3 is 4.74 Å². The summed E-state index contributed by atoms with van der Waals surface area (Å²) in [6, 6.07) is 4.00. The zero-order chi connectivity index (χ0) is 13.7. The van der Waals surface area contributed by atoms with Gasteiger partial charge in [-0.15, -0.1) is 0 Å². The lowest BCUT2D eigenvalue weighted by Crippen LogP contribution is -2.08. The molecule has 0 saturated heterocycles. The fourth-order valence-electron chi connectivity index (χ4n) is 1.35. The average Bonchev–Trinajstić information content (AvgIpc) is 2.31. The lowest BCUT2D eigenvalue weighted by molar-refractivity contribution is -0.385. The van der Waals surface area contributed by atoms with E-state index >= 15 is 0 Å². The molecule has 0 heterocycles. The molecule has 0 bridgehead atoms. The van der Waals surface area contributed by atoms with Crippen molar-refractivity contribution < 1.29 is 14.5 Å². The van der Waals surface area contributed by atoms with Crippen molar-refractivity contribution in [2.24, 2.45) is 0 Å². The van der Waals surface area contributed by atoms with Crippen LogP contribution in [0.5, 0.6) is 0 Å². The maximum Gasteiger partial charge on any atom is 0.310 e. The summed E-state index contributed by atoms with van der Waals surface area (Å²) in [4.78, 5) is 21.3. The summed E-state index contributed by atoms with van der Waals surface area (Å²) in [6.07, 6.45) is -0.126. The molecule has 0 aliphatic rings. The van der Waals surface area contributed by atoms with Crippen molar-refractivity contribution >= 4 is 23.3 Å². The highest BCUT2D eigenvalue weighted by Gasteiger charge is 2.18. The predicted molar refractivity (Wildman–Crippen MR) is 63.2 cm³/mol. The summed E-state index contributed by atoms with van der Waals surface area (Å²) in [7, 11) is 0. The molecular formula is C11H9ClN2O4. The van der Waals surface area contributed by atoms with Crippen molar-refractivity contribution in [2.45, 2.75) is 13.3 Å². The molecule has 1 rings (SSSR count). The molecule has 7 heteroatoms. The number of hydrogen-bond donors (Lipinski definition) is 0. The third-order valence-corrected chi connectivity index (χ3v) is 2.47. The van der Waals surface area contributed by atoms with E-state index in [1.54, 1.807) is 13.0 Å². The smallest absolute Gasteiger partial charge is 0.310 e. The Hall–Kier alpha value is -2.13. The Morgan fingerprint density at radius 3 is 2.78 bits per heavy atom. The van der Waals surface area contributed by atoms with Crippen LogP contribution in [0.3, 0.4) is 0 Å². The lowest BCUT2D eigenvalue weighted by atomic mass is 10.1. The fourth-order valence-corrected chi connectivity index (χ4v) is 1.58. The predicted octanol–water partition coefficient (Wildman–Crippen LogP) is 2.23. The maximum absolute atomic E-state index is 11.3. The largest absolute Gasteiger partial charge is 0.466 e. The van der Waals surface area contributed by atoms with Gasteiger partial charge in [0, 0.05) is 6.07 Å². The highest BCUT2D eigenvalue weighted by molar-refractivity contribution is 6.31. The van der Waals surface area contributed by atoms with Gasteiger partial charge in [0.15, 0.2) is 0 Å². The van der Waals surface area contributed by atoms with Gasteiger partial charge in [0.25, 0.3) is 5.69 Å². The lowest BCUT2D eigenvalue weighted by Gasteiger charge is -2.05. The third-order valence-electron chi connectivity index (χ3n) is 2.12. The summed E-state index contributed by atoms with van der Waals surface area (Å²) >= 11 is 5.83. The van der Waals surface area contributed by atoms with E-state index in [1.165, 1.54) is 6.07 Å². The molecule has 0 fully saturated rings. The van der Waals surface area contributed by atoms with Gasteiger partial charge in [0.05, 0.1) is 23.0 Å². The van der Waals surface area contributed by atoms with Crippen LogP contribution in [0.1, 0.15) is 18.1 Å². The summed E-state index contributed by atoms with van der Waals surface area (Å²) < 4.78 is 4.74. The molecule has 1 aromatic carbocycles. The van der Waals surface area contributed by atoms with Gasteiger partial charge in [-0.2, -0.15) is 5.26 Å². The number of carbonyl (C=O) groups excluding carboxylic acids is 1. The Morgan fingerprint density at radius 2 is 2.28 bits per heavy atom. The van der Waals surface area contributed by atoms with Crippen LogP contribution in [0.15, 0.2) is 12.1 Å². The van der Waals surface area contributed by atoms with E-state index in [0.717, 1.165) is 6.07 Å². The average molecular weight is 269 g/mol. The number of hydrogen-bond acceptors (Lipinski definition) is 5. The number of nitrogens with zero attached hydrogens (tertiary/aromatic N) is 2. The Balaban J connectivity index is 3.13. The fraction of sp³-hybridized carbons (Fsp3) is 0.273. The second-order valence-corrected chi connectivity index (χ2v) is 3.72. The SMILES string of the molecule is CCOC(=O)Cc1cc(C#N)c([N+](=O)[O-])cc1Cl. The molecule has 0 aromatic heterocycles. The highest BCUT2D eigenvalue weighted by atomic mass is 35.5. The van der Waals surface area contributed by atoms with E-state index in [0.29, 0.717) is 5.56 Å². The Bertz CT molecular complexity index is 537. The number of ether oxygens (including phenoxy) is 1. The molecule has 0 aliphatic heterocycles. The topological polar surface area (TPSA) is 93.2 Å². The first-order valence-electron chi connectivity index (χ1n) is 5.02. The quantitative estimate of drug-likeness (QED) is 0.474. The van der Waals surface area contributed by atoms with Gasteiger partial charge in [-0.25, -0.2) is 0 Å². The second-order valence-electron chi connectivity index (χ2n) is 3.31. The van der Waals surface area contributed by atoms with Crippen LogP contribution in [0, 0.1) is 21.4 Å². The number of nitriles is 1. The van der Waals surface area contributed by atoms with Crippen molar-refractivity contribution in [2.75, 3.05) is 6.61 Å². The molecule has 0 aliphatic carbocycles. The maximum atomic E-state index is 11.3. The van der Waals surface area contributed by atoms with Gasteiger partial charge in [-0.05, 0) is 18.6 Å². The van der Waals surface area contributed by atoms with Crippen LogP contribution in [0.25, 0.3) is 0 Å². The standard InChI is InChI=1S/C11H9ClN2O4/c1-2-18-11(15)4-7-3-8(6-13)10(14(16)17)5-9(7)12/h3,5H,2,4H2,1H3. The molecule has 0 saturated carbocycles. The first-order valence-corrected chi connectivity index (χ1v) is 5.40. The normalized spacial score (nSPS) is 9.61. The van der Waals surface area contributed by atoms with E-state index in [4.69, 9.17) is 21.6 Å². The van der Waals surface area contributed by atoms with Crippen molar-refractivity contribution in [3.05, 3.63) is 38.4 Å². The third kappa shape index (κ3) is 3.18. The summed E-state index contributed by atoms with van der Waals surface area (Å²) in [5.41, 5.74) is -0.184. The van der Waals surface area contributed by atoms with Crippen LogP contribution < -0.4 is 0 Å². The molecule has 0 atom stereocenters. The summed E-state index contributed by atoms with van der Waals surface area (Å²) in [6.45, 7) is 1.89. The van der Waals surface area contributed by atoms with Gasteiger partial charge in [0.1, 0.15) is 11.6 Å². The van der Waals surface area contributed by atoms with Crippen molar-refractivity contribution in [1.29, 1.82) is 5.26 Å². The van der Waals surface area contributed by atoms with E-state index in [2.05, 4.69) is 0 Å². The number of rotatable bonds is 4. The molecule has 1 aromatic rings. The first kappa shape index (κ1) is 13.9. The van der Waals surface area contributed by atoms with Crippen molar-refractivity contribution in [1.82, 2.24) is 0 Å². The van der Waals surface area contributed by atoms with E-state index in [1.807, 2.05) is 0 Å². The van der Waals surface area contributed by atoms with Gasteiger partial charge in [0.2, 0.25) is 0 Å². The number of esters is 1. The minimum absolute atomic E-state index is 0.0637. The van der Waals surface area contributed by atoms with Crippen LogP contribution in [-0.2, 0) is 16.0 Å². The monoisotopic (exact) mass is 268 g/mol. The van der Waals surface area contributed by atoms with Gasteiger partial charge in [-0.3, -0.25) is 14.9 Å². The number of carbonyl (C=O) groups is 1. The van der Waals surface area contributed by atoms with E-state index in [-0.39, 0.29) is 29.3 Å². The van der Waals surface area contributed by atoms with Crippen molar-refractivity contribution in [3.8, 4) is 6.07 Å². The Labute approximate surface area is 108 Å². The minimum Gasteiger partial charge on any atom is -0.466 e.